The van der Waals surface area contributed by atoms with Crippen LogP contribution in [0.5, 0.6) is 5.75 Å². The molecule has 0 aliphatic rings. The molecule has 0 saturated heterocycles. The molecule has 3 nitrogen and oxygen atoms in total. The fourth-order valence-corrected chi connectivity index (χ4v) is 2.93. The van der Waals surface area contributed by atoms with Crippen LogP contribution in [-0.2, 0) is 17.3 Å². The molecule has 2 N–H and O–H groups in total. The summed E-state index contributed by atoms with van der Waals surface area (Å²) < 4.78 is 26.2. The van der Waals surface area contributed by atoms with Gasteiger partial charge in [0.1, 0.15) is 5.75 Å². The Hall–Kier alpha value is -2.17. The Balaban J connectivity index is 2.33. The third-order valence-corrected chi connectivity index (χ3v) is 4.45. The van der Waals surface area contributed by atoms with Crippen molar-refractivity contribution >= 4 is 5.78 Å². The molecule has 0 amide bonds. The van der Waals surface area contributed by atoms with E-state index >= 15 is 0 Å². The maximum absolute atomic E-state index is 13.1. The van der Waals surface area contributed by atoms with Gasteiger partial charge in [-0.25, -0.2) is 4.39 Å². The van der Waals surface area contributed by atoms with Gasteiger partial charge in [0.25, 0.3) is 0 Å². The van der Waals surface area contributed by atoms with Crippen LogP contribution in [0, 0.1) is 11.8 Å². The first-order chi connectivity index (χ1) is 11.8. The molecule has 0 aliphatic carbocycles. The molecule has 1 aromatic heterocycles. The van der Waals surface area contributed by atoms with Gasteiger partial charge in [-0.15, -0.1) is 0 Å². The monoisotopic (exact) mass is 363 g/mol. The van der Waals surface area contributed by atoms with E-state index in [-0.39, 0.29) is 34.5 Å². The number of rotatable bonds is 4. The van der Waals surface area contributed by atoms with Gasteiger partial charge in [-0.1, -0.05) is 53.7 Å². The van der Waals surface area contributed by atoms with Crippen LogP contribution in [0.4, 0.5) is 8.78 Å². The zero-order valence-corrected chi connectivity index (χ0v) is 16.3. The standard InChI is InChI=1S/C21H27F2NO2/c1-20(2,3)13-9-12(10-14(18(13)26)21(4,5)6)7-8-17(25)16-11-15(22)19(23)24-16/h9-11,24,26H,7-8H2,1-6H3. The molecule has 1 heterocycles. The number of hydrogen-bond donors (Lipinski definition) is 2. The van der Waals surface area contributed by atoms with Crippen LogP contribution in [0.15, 0.2) is 18.2 Å². The number of carbonyl (C=O) groups excluding carboxylic acids is 1. The average molecular weight is 363 g/mol. The van der Waals surface area contributed by atoms with Crippen molar-refractivity contribution < 1.29 is 18.7 Å². The summed E-state index contributed by atoms with van der Waals surface area (Å²) >= 11 is 0. The smallest absolute Gasteiger partial charge is 0.227 e. The molecule has 142 valence electrons. The molecular formula is C21H27F2NO2. The first-order valence-electron chi connectivity index (χ1n) is 8.74. The summed E-state index contributed by atoms with van der Waals surface area (Å²) in [6.45, 7) is 12.1. The Morgan fingerprint density at radius 3 is 1.88 bits per heavy atom. The lowest BCUT2D eigenvalue weighted by molar-refractivity contribution is 0.0978. The lowest BCUT2D eigenvalue weighted by atomic mass is 9.78. The predicted molar refractivity (Wildman–Crippen MR) is 98.9 cm³/mol. The highest BCUT2D eigenvalue weighted by molar-refractivity contribution is 5.94. The van der Waals surface area contributed by atoms with Crippen LogP contribution >= 0.6 is 0 Å². The van der Waals surface area contributed by atoms with E-state index in [1.807, 2.05) is 53.7 Å². The van der Waals surface area contributed by atoms with E-state index in [0.717, 1.165) is 22.8 Å². The minimum atomic E-state index is -1.12. The van der Waals surface area contributed by atoms with E-state index in [2.05, 4.69) is 4.98 Å². The van der Waals surface area contributed by atoms with Gasteiger partial charge in [0, 0.05) is 12.5 Å². The molecule has 0 aliphatic heterocycles. The van der Waals surface area contributed by atoms with E-state index < -0.39 is 11.8 Å². The number of aromatic hydroxyl groups is 1. The number of hydrogen-bond acceptors (Lipinski definition) is 2. The van der Waals surface area contributed by atoms with Gasteiger partial charge in [0.05, 0.1) is 5.69 Å². The van der Waals surface area contributed by atoms with Crippen molar-refractivity contribution in [1.29, 1.82) is 0 Å². The van der Waals surface area contributed by atoms with Crippen molar-refractivity contribution in [3.63, 3.8) is 0 Å². The molecule has 0 saturated carbocycles. The summed E-state index contributed by atoms with van der Waals surface area (Å²) in [5.74, 6) is -2.24. The Bertz CT molecular complexity index is 769. The molecule has 0 fully saturated rings. The van der Waals surface area contributed by atoms with Crippen LogP contribution in [0.2, 0.25) is 0 Å². The largest absolute Gasteiger partial charge is 0.507 e. The van der Waals surface area contributed by atoms with Crippen LogP contribution in [0.25, 0.3) is 0 Å². The van der Waals surface area contributed by atoms with E-state index in [4.69, 9.17) is 0 Å². The number of H-pyrrole nitrogens is 1. The predicted octanol–water partition coefficient (Wildman–Crippen LogP) is 5.41. The number of aromatic amines is 1. The first kappa shape index (κ1) is 20.1. The highest BCUT2D eigenvalue weighted by Crippen LogP contribution is 2.40. The lowest BCUT2D eigenvalue weighted by Gasteiger charge is -2.28. The minimum Gasteiger partial charge on any atom is -0.507 e. The third-order valence-electron chi connectivity index (χ3n) is 4.45. The van der Waals surface area contributed by atoms with Gasteiger partial charge in [0.15, 0.2) is 11.6 Å². The molecule has 0 atom stereocenters. The van der Waals surface area contributed by atoms with E-state index in [1.165, 1.54) is 0 Å². The Morgan fingerprint density at radius 2 is 1.50 bits per heavy atom. The van der Waals surface area contributed by atoms with E-state index in [0.29, 0.717) is 6.42 Å². The number of ketones is 1. The normalized spacial score (nSPS) is 12.5. The number of carbonyl (C=O) groups is 1. The second-order valence-electron chi connectivity index (χ2n) is 8.81. The third kappa shape index (κ3) is 4.32. The van der Waals surface area contributed by atoms with Crippen molar-refractivity contribution in [2.75, 3.05) is 0 Å². The molecule has 0 bridgehead atoms. The first-order valence-corrected chi connectivity index (χ1v) is 8.74. The van der Waals surface area contributed by atoms with Gasteiger partial charge in [-0.2, -0.15) is 4.39 Å². The van der Waals surface area contributed by atoms with E-state index in [9.17, 15) is 18.7 Å². The van der Waals surface area contributed by atoms with Gasteiger partial charge in [0.2, 0.25) is 5.95 Å². The molecule has 26 heavy (non-hydrogen) atoms. The van der Waals surface area contributed by atoms with Gasteiger partial charge in [-0.05, 0) is 33.9 Å². The van der Waals surface area contributed by atoms with Crippen LogP contribution in [0.3, 0.4) is 0 Å². The molecule has 0 spiro atoms. The topological polar surface area (TPSA) is 53.1 Å². The number of phenols is 1. The highest BCUT2D eigenvalue weighted by atomic mass is 19.2. The summed E-state index contributed by atoms with van der Waals surface area (Å²) in [5, 5.41) is 10.7. The van der Waals surface area contributed by atoms with Crippen molar-refractivity contribution in [1.82, 2.24) is 4.98 Å². The van der Waals surface area contributed by atoms with Crippen LogP contribution < -0.4 is 0 Å². The van der Waals surface area contributed by atoms with Crippen molar-refractivity contribution in [2.45, 2.75) is 65.2 Å². The van der Waals surface area contributed by atoms with Gasteiger partial charge < -0.3 is 10.1 Å². The second-order valence-corrected chi connectivity index (χ2v) is 8.81. The zero-order valence-electron chi connectivity index (χ0n) is 16.3. The number of benzene rings is 1. The number of nitrogens with one attached hydrogen (secondary N) is 1. The summed E-state index contributed by atoms with van der Waals surface area (Å²) in [6.07, 6.45) is 0.546. The molecule has 2 rings (SSSR count). The van der Waals surface area contributed by atoms with Crippen LogP contribution in [0.1, 0.15) is 75.1 Å². The van der Waals surface area contributed by atoms with Crippen molar-refractivity contribution in [2.24, 2.45) is 0 Å². The number of phenolic OH excluding ortho intramolecular Hbond substituents is 1. The lowest BCUT2D eigenvalue weighted by Crippen LogP contribution is -2.18. The maximum atomic E-state index is 13.1. The maximum Gasteiger partial charge on any atom is 0.227 e. The molecule has 0 radical (unpaired) electrons. The number of aromatic nitrogens is 1. The summed E-state index contributed by atoms with van der Waals surface area (Å²) in [5.41, 5.74) is 1.99. The molecular weight excluding hydrogens is 336 g/mol. The molecule has 5 heteroatoms. The van der Waals surface area contributed by atoms with Gasteiger partial charge in [-0.3, -0.25) is 4.79 Å². The molecule has 0 unspecified atom stereocenters. The van der Waals surface area contributed by atoms with Crippen molar-refractivity contribution in [3.8, 4) is 5.75 Å². The Kier molecular flexibility index (Phi) is 5.31. The summed E-state index contributed by atoms with van der Waals surface area (Å²) in [7, 11) is 0. The van der Waals surface area contributed by atoms with E-state index in [1.54, 1.807) is 0 Å². The number of aryl methyl sites for hydroxylation is 1. The number of Topliss-reactive ketones (excluding diaryl/α,β-unsaturated/α-hetero) is 1. The Labute approximate surface area is 153 Å². The summed E-state index contributed by atoms with van der Waals surface area (Å²) in [6, 6.07) is 4.71. The quantitative estimate of drug-likeness (QED) is 0.714. The zero-order chi connectivity index (χ0) is 19.9. The van der Waals surface area contributed by atoms with Gasteiger partial charge >= 0.3 is 0 Å². The molecule has 1 aromatic carbocycles. The summed E-state index contributed by atoms with van der Waals surface area (Å²) in [4.78, 5) is 14.3. The highest BCUT2D eigenvalue weighted by Gasteiger charge is 2.26. The Morgan fingerprint density at radius 1 is 1.00 bits per heavy atom. The van der Waals surface area contributed by atoms with Crippen LogP contribution in [-0.4, -0.2) is 15.9 Å². The second kappa shape index (κ2) is 6.86. The fourth-order valence-electron chi connectivity index (χ4n) is 2.93. The number of halogens is 2. The average Bonchev–Trinajstić information content (AvgIpc) is 2.83. The SMILES string of the molecule is CC(C)(C)c1cc(CCC(=O)c2cc(F)c(F)[nH]2)cc(C(C)(C)C)c1O. The minimum absolute atomic E-state index is 0.0640. The fraction of sp³-hybridized carbons (Fsp3) is 0.476. The molecule has 2 aromatic rings. The van der Waals surface area contributed by atoms with Crippen molar-refractivity contribution in [3.05, 3.63) is 52.3 Å².